The summed E-state index contributed by atoms with van der Waals surface area (Å²) in [6.07, 6.45) is 3.11. The molecular weight excluding hydrogens is 587 g/mol. The van der Waals surface area contributed by atoms with Crippen molar-refractivity contribution < 1.29 is 14.0 Å². The second-order valence-electron chi connectivity index (χ2n) is 14.4. The van der Waals surface area contributed by atoms with Gasteiger partial charge in [0.1, 0.15) is 0 Å². The summed E-state index contributed by atoms with van der Waals surface area (Å²) in [7, 11) is -5.91. The molecule has 0 unspecified atom stereocenters. The van der Waals surface area contributed by atoms with E-state index < -0.39 is 22.0 Å². The topological polar surface area (TPSA) is 72.5 Å². The van der Waals surface area contributed by atoms with Crippen molar-refractivity contribution in [2.45, 2.75) is 77.3 Å². The number of carbonyl (C=O) groups excluding carboxylic acids is 1. The van der Waals surface area contributed by atoms with E-state index >= 15 is 0 Å². The maximum absolute atomic E-state index is 13.1. The number of amides is 1. The SMILES string of the molecule is CC(C)(CCCC[C@](C)(CO[Si](c1ccccc1)(c1ccccc1)C(C)(C)C)C(N)=O)[Si](O)(c1ccccc1)c1ccccc1. The third-order valence-corrected chi connectivity index (χ3v) is 19.3. The van der Waals surface area contributed by atoms with Gasteiger partial charge < -0.3 is 15.0 Å². The largest absolute Gasteiger partial charge is 0.424 e. The van der Waals surface area contributed by atoms with Crippen LogP contribution in [0.2, 0.25) is 10.1 Å². The summed E-state index contributed by atoms with van der Waals surface area (Å²) in [6, 6.07) is 41.3. The van der Waals surface area contributed by atoms with E-state index in [-0.39, 0.29) is 22.6 Å². The van der Waals surface area contributed by atoms with Gasteiger partial charge in [-0.15, -0.1) is 0 Å². The summed E-state index contributed by atoms with van der Waals surface area (Å²) in [5.41, 5.74) is 5.31. The molecule has 0 aliphatic rings. The van der Waals surface area contributed by atoms with Crippen molar-refractivity contribution in [3.05, 3.63) is 121 Å². The zero-order valence-electron chi connectivity index (χ0n) is 27.9. The van der Waals surface area contributed by atoms with E-state index in [1.165, 1.54) is 10.4 Å². The second kappa shape index (κ2) is 14.0. The Kier molecular flexibility index (Phi) is 10.8. The van der Waals surface area contributed by atoms with Gasteiger partial charge in [-0.3, -0.25) is 4.79 Å². The summed E-state index contributed by atoms with van der Waals surface area (Å²) in [6.45, 7) is 13.3. The average Bonchev–Trinajstić information content (AvgIpc) is 3.04. The van der Waals surface area contributed by atoms with E-state index in [1.807, 2.05) is 55.5 Å². The minimum absolute atomic E-state index is 0.192. The van der Waals surface area contributed by atoms with E-state index in [1.54, 1.807) is 0 Å². The lowest BCUT2D eigenvalue weighted by Crippen LogP contribution is -2.67. The summed E-state index contributed by atoms with van der Waals surface area (Å²) in [5, 5.41) is 3.86. The molecule has 4 aromatic carbocycles. The molecule has 0 heterocycles. The first-order valence-electron chi connectivity index (χ1n) is 16.2. The molecule has 1 amide bonds. The Labute approximate surface area is 272 Å². The maximum atomic E-state index is 13.1. The predicted molar refractivity (Wildman–Crippen MR) is 194 cm³/mol. The molecular formula is C39H51NO3Si2. The highest BCUT2D eigenvalue weighted by molar-refractivity contribution is 6.99. The van der Waals surface area contributed by atoms with Crippen LogP contribution < -0.4 is 26.5 Å². The van der Waals surface area contributed by atoms with Crippen LogP contribution in [0.5, 0.6) is 0 Å². The molecule has 4 aromatic rings. The fourth-order valence-electron chi connectivity index (χ4n) is 6.87. The minimum Gasteiger partial charge on any atom is -0.424 e. The Morgan fingerprint density at radius 3 is 1.33 bits per heavy atom. The van der Waals surface area contributed by atoms with Crippen molar-refractivity contribution in [2.24, 2.45) is 11.1 Å². The zero-order chi connectivity index (χ0) is 32.8. The van der Waals surface area contributed by atoms with Crippen molar-refractivity contribution in [3.63, 3.8) is 0 Å². The zero-order valence-corrected chi connectivity index (χ0v) is 29.9. The lowest BCUT2D eigenvalue weighted by molar-refractivity contribution is -0.129. The fourth-order valence-corrected chi connectivity index (χ4v) is 15.3. The number of unbranched alkanes of at least 4 members (excludes halogenated alkanes) is 1. The second-order valence-corrected chi connectivity index (χ2v) is 22.6. The summed E-state index contributed by atoms with van der Waals surface area (Å²) < 4.78 is 7.17. The van der Waals surface area contributed by atoms with Crippen molar-refractivity contribution in [1.82, 2.24) is 0 Å². The van der Waals surface area contributed by atoms with Gasteiger partial charge in [-0.2, -0.15) is 0 Å². The Hall–Kier alpha value is -3.30. The molecule has 0 aliphatic heterocycles. The number of benzene rings is 4. The Morgan fingerprint density at radius 1 is 0.622 bits per heavy atom. The first kappa shape index (κ1) is 34.6. The van der Waals surface area contributed by atoms with Gasteiger partial charge in [0, 0.05) is 6.61 Å². The third kappa shape index (κ3) is 7.09. The fraction of sp³-hybridized carbons (Fsp3) is 0.359. The highest BCUT2D eigenvalue weighted by atomic mass is 28.4. The van der Waals surface area contributed by atoms with Crippen LogP contribution >= 0.6 is 0 Å². The van der Waals surface area contributed by atoms with E-state index in [4.69, 9.17) is 10.2 Å². The average molecular weight is 638 g/mol. The molecule has 238 valence electrons. The Bertz CT molecular complexity index is 1430. The van der Waals surface area contributed by atoms with Gasteiger partial charge in [-0.05, 0) is 50.6 Å². The van der Waals surface area contributed by atoms with E-state index in [2.05, 4.69) is 107 Å². The molecule has 6 heteroatoms. The first-order valence-corrected chi connectivity index (χ1v) is 20.0. The molecule has 0 radical (unpaired) electrons. The van der Waals surface area contributed by atoms with E-state index in [0.29, 0.717) is 6.42 Å². The van der Waals surface area contributed by atoms with Gasteiger partial charge in [0.15, 0.2) is 0 Å². The van der Waals surface area contributed by atoms with Crippen LogP contribution in [0.1, 0.15) is 67.2 Å². The van der Waals surface area contributed by atoms with Gasteiger partial charge in [0.2, 0.25) is 5.91 Å². The van der Waals surface area contributed by atoms with Crippen LogP contribution in [0.25, 0.3) is 0 Å². The number of primary amides is 1. The molecule has 0 saturated heterocycles. The van der Waals surface area contributed by atoms with Crippen LogP contribution in [-0.4, -0.2) is 33.9 Å². The highest BCUT2D eigenvalue weighted by Gasteiger charge is 2.52. The molecule has 0 saturated carbocycles. The lowest BCUT2D eigenvalue weighted by Gasteiger charge is -2.45. The van der Waals surface area contributed by atoms with Crippen LogP contribution in [0, 0.1) is 5.41 Å². The normalized spacial score (nSPS) is 14.1. The van der Waals surface area contributed by atoms with Crippen molar-refractivity contribution in [2.75, 3.05) is 6.61 Å². The molecule has 3 N–H and O–H groups in total. The predicted octanol–water partition coefficient (Wildman–Crippen LogP) is 6.15. The standard InChI is InChI=1S/C39H51NO3Si2/c1-37(2,3)45(34-25-15-9-16-26-34,35-27-17-10-18-28-35)43-31-39(6,36(40)41)30-20-19-29-38(4,5)44(42,32-21-11-7-12-22-32)33-23-13-8-14-24-33/h7-18,21-28,42H,19-20,29-31H2,1-6H3,(H2,40,41)/t39-/m1/s1. The summed E-state index contributed by atoms with van der Waals surface area (Å²) in [5.74, 6) is -0.334. The van der Waals surface area contributed by atoms with Gasteiger partial charge in [-0.25, -0.2) is 0 Å². The Morgan fingerprint density at radius 2 is 0.978 bits per heavy atom. The van der Waals surface area contributed by atoms with Gasteiger partial charge in [-0.1, -0.05) is 169 Å². The van der Waals surface area contributed by atoms with Crippen LogP contribution in [0.15, 0.2) is 121 Å². The van der Waals surface area contributed by atoms with Crippen molar-refractivity contribution in [1.29, 1.82) is 0 Å². The molecule has 4 nitrogen and oxygen atoms in total. The molecule has 4 rings (SSSR count). The van der Waals surface area contributed by atoms with Crippen molar-refractivity contribution >= 4 is 43.3 Å². The van der Waals surface area contributed by atoms with Crippen molar-refractivity contribution in [3.8, 4) is 0 Å². The minimum atomic E-state index is -3.09. The van der Waals surface area contributed by atoms with Gasteiger partial charge in [0.05, 0.1) is 5.41 Å². The van der Waals surface area contributed by atoms with Gasteiger partial charge in [0.25, 0.3) is 16.6 Å². The first-order chi connectivity index (χ1) is 21.3. The van der Waals surface area contributed by atoms with Gasteiger partial charge >= 0.3 is 0 Å². The molecule has 0 aliphatic carbocycles. The highest BCUT2D eigenvalue weighted by Crippen LogP contribution is 2.42. The quantitative estimate of drug-likeness (QED) is 0.129. The molecule has 0 bridgehead atoms. The summed E-state index contributed by atoms with van der Waals surface area (Å²) in [4.78, 5) is 25.7. The number of hydrogen-bond acceptors (Lipinski definition) is 3. The molecule has 0 aromatic heterocycles. The molecule has 45 heavy (non-hydrogen) atoms. The smallest absolute Gasteiger partial charge is 0.261 e. The number of hydrogen-bond donors (Lipinski definition) is 2. The van der Waals surface area contributed by atoms with E-state index in [0.717, 1.165) is 29.6 Å². The lowest BCUT2D eigenvalue weighted by atomic mass is 9.84. The molecule has 1 atom stereocenters. The van der Waals surface area contributed by atoms with Crippen LogP contribution in [0.3, 0.4) is 0 Å². The summed E-state index contributed by atoms with van der Waals surface area (Å²) >= 11 is 0. The van der Waals surface area contributed by atoms with Crippen LogP contribution in [0.4, 0.5) is 0 Å². The van der Waals surface area contributed by atoms with E-state index in [9.17, 15) is 9.59 Å². The number of rotatable bonds is 14. The third-order valence-electron chi connectivity index (χ3n) is 9.76. The molecule has 0 spiro atoms. The van der Waals surface area contributed by atoms with Crippen LogP contribution in [-0.2, 0) is 9.22 Å². The maximum Gasteiger partial charge on any atom is 0.261 e. The molecule has 0 fully saturated rings. The Balaban J connectivity index is 1.55. The number of nitrogens with two attached hydrogens (primary N) is 1. The monoisotopic (exact) mass is 637 g/mol. The number of carbonyl (C=O) groups is 1.